The van der Waals surface area contributed by atoms with Gasteiger partial charge in [-0.3, -0.25) is 10.00 Å². The predicted molar refractivity (Wildman–Crippen MR) is 108 cm³/mol. The molecule has 0 fully saturated rings. The molecule has 2 aromatic carbocycles. The van der Waals surface area contributed by atoms with Gasteiger partial charge in [0.25, 0.3) is 0 Å². The number of phenolic OH excluding ortho intramolecular Hbond substituents is 1. The molecule has 1 aliphatic rings. The third kappa shape index (κ3) is 3.95. The van der Waals surface area contributed by atoms with Gasteiger partial charge in [-0.05, 0) is 30.2 Å². The number of hydrogen-bond donors (Lipinski definition) is 2. The Morgan fingerprint density at radius 1 is 1.28 bits per heavy atom. The number of benzene rings is 2. The number of aromatic hydroxyl groups is 1. The SMILES string of the molecule is COC(=O)c1[nH]ncc1CN1CCOc2c(O)cc(-c3ccc(C)cc3)cc2C1. The van der Waals surface area contributed by atoms with E-state index in [9.17, 15) is 9.90 Å². The summed E-state index contributed by atoms with van der Waals surface area (Å²) in [6.45, 7) is 4.23. The second-order valence-electron chi connectivity index (χ2n) is 7.17. The van der Waals surface area contributed by atoms with Gasteiger partial charge in [-0.1, -0.05) is 29.8 Å². The summed E-state index contributed by atoms with van der Waals surface area (Å²) >= 11 is 0. The number of carbonyl (C=O) groups is 1. The third-order valence-corrected chi connectivity index (χ3v) is 5.08. The van der Waals surface area contributed by atoms with Crippen LogP contribution in [-0.4, -0.2) is 46.4 Å². The molecule has 0 unspecified atom stereocenters. The second kappa shape index (κ2) is 7.97. The Bertz CT molecular complexity index is 1030. The van der Waals surface area contributed by atoms with Gasteiger partial charge in [0, 0.05) is 30.8 Å². The van der Waals surface area contributed by atoms with E-state index >= 15 is 0 Å². The Labute approximate surface area is 168 Å². The fourth-order valence-electron chi connectivity index (χ4n) is 3.55. The quantitative estimate of drug-likeness (QED) is 0.662. The highest BCUT2D eigenvalue weighted by atomic mass is 16.5. The van der Waals surface area contributed by atoms with Gasteiger partial charge in [-0.15, -0.1) is 0 Å². The molecule has 3 aromatic rings. The summed E-state index contributed by atoms with van der Waals surface area (Å²) in [5.74, 6) is 0.213. The molecule has 29 heavy (non-hydrogen) atoms. The van der Waals surface area contributed by atoms with E-state index in [2.05, 4.69) is 21.2 Å². The Hall–Kier alpha value is -3.32. The van der Waals surface area contributed by atoms with E-state index in [-0.39, 0.29) is 5.75 Å². The lowest BCUT2D eigenvalue weighted by Crippen LogP contribution is -2.26. The molecule has 0 bridgehead atoms. The van der Waals surface area contributed by atoms with Gasteiger partial charge in [0.2, 0.25) is 0 Å². The van der Waals surface area contributed by atoms with Crippen LogP contribution in [0.1, 0.15) is 27.2 Å². The normalized spacial score (nSPS) is 14.0. The number of ether oxygens (including phenoxy) is 2. The Kier molecular flexibility index (Phi) is 5.22. The van der Waals surface area contributed by atoms with Crippen molar-refractivity contribution >= 4 is 5.97 Å². The minimum Gasteiger partial charge on any atom is -0.504 e. The highest BCUT2D eigenvalue weighted by molar-refractivity contribution is 5.88. The van der Waals surface area contributed by atoms with E-state index in [4.69, 9.17) is 9.47 Å². The van der Waals surface area contributed by atoms with Crippen molar-refractivity contribution in [3.05, 3.63) is 65.0 Å². The standard InChI is InChI=1S/C22H23N3O4/c1-14-3-5-15(6-4-14)16-9-17-12-25(7-8-29-21(17)19(26)10-16)13-18-11-23-24-20(18)22(27)28-2/h3-6,9-11,26H,7-8,12-13H2,1-2H3,(H,23,24). The van der Waals surface area contributed by atoms with Crippen LogP contribution in [0.5, 0.6) is 11.5 Å². The van der Waals surface area contributed by atoms with Crippen molar-refractivity contribution in [3.8, 4) is 22.6 Å². The maximum Gasteiger partial charge on any atom is 0.356 e. The molecule has 0 aliphatic carbocycles. The third-order valence-electron chi connectivity index (χ3n) is 5.08. The lowest BCUT2D eigenvalue weighted by atomic mass is 10.0. The van der Waals surface area contributed by atoms with Crippen molar-refractivity contribution in [1.82, 2.24) is 15.1 Å². The summed E-state index contributed by atoms with van der Waals surface area (Å²) in [5.41, 5.74) is 5.18. The van der Waals surface area contributed by atoms with Crippen LogP contribution in [0.3, 0.4) is 0 Å². The molecule has 150 valence electrons. The molecular formula is C22H23N3O4. The fraction of sp³-hybridized carbons (Fsp3) is 0.273. The van der Waals surface area contributed by atoms with Crippen molar-refractivity contribution in [3.63, 3.8) is 0 Å². The van der Waals surface area contributed by atoms with Gasteiger partial charge in [-0.2, -0.15) is 5.10 Å². The van der Waals surface area contributed by atoms with Gasteiger partial charge in [0.1, 0.15) is 12.3 Å². The van der Waals surface area contributed by atoms with Gasteiger partial charge in [0.05, 0.1) is 13.3 Å². The smallest absolute Gasteiger partial charge is 0.356 e. The number of fused-ring (bicyclic) bond motifs is 1. The lowest BCUT2D eigenvalue weighted by Gasteiger charge is -2.19. The zero-order chi connectivity index (χ0) is 20.4. The van der Waals surface area contributed by atoms with Crippen LogP contribution in [0.25, 0.3) is 11.1 Å². The molecule has 0 radical (unpaired) electrons. The van der Waals surface area contributed by atoms with Gasteiger partial charge < -0.3 is 14.6 Å². The average molecular weight is 393 g/mol. The number of nitrogens with one attached hydrogen (secondary N) is 1. The number of phenols is 1. The molecule has 0 atom stereocenters. The van der Waals surface area contributed by atoms with E-state index in [1.54, 1.807) is 12.3 Å². The van der Waals surface area contributed by atoms with Gasteiger partial charge in [0.15, 0.2) is 11.5 Å². The first-order valence-corrected chi connectivity index (χ1v) is 9.44. The van der Waals surface area contributed by atoms with Crippen molar-refractivity contribution in [1.29, 1.82) is 0 Å². The van der Waals surface area contributed by atoms with Crippen LogP contribution in [0, 0.1) is 6.92 Å². The molecule has 1 aliphatic heterocycles. The van der Waals surface area contributed by atoms with Crippen LogP contribution in [0.2, 0.25) is 0 Å². The van der Waals surface area contributed by atoms with Crippen LogP contribution in [0.15, 0.2) is 42.6 Å². The summed E-state index contributed by atoms with van der Waals surface area (Å²) in [5, 5.41) is 17.2. The Balaban J connectivity index is 1.62. The molecular weight excluding hydrogens is 370 g/mol. The minimum absolute atomic E-state index is 0.137. The molecule has 1 aromatic heterocycles. The molecule has 7 nitrogen and oxygen atoms in total. The summed E-state index contributed by atoms with van der Waals surface area (Å²) in [4.78, 5) is 14.1. The van der Waals surface area contributed by atoms with E-state index in [0.717, 1.165) is 22.3 Å². The number of esters is 1. The topological polar surface area (TPSA) is 87.7 Å². The van der Waals surface area contributed by atoms with Crippen LogP contribution >= 0.6 is 0 Å². The summed E-state index contributed by atoms with van der Waals surface area (Å²) in [6.07, 6.45) is 1.64. The van der Waals surface area contributed by atoms with E-state index in [1.165, 1.54) is 12.7 Å². The maximum absolute atomic E-state index is 11.9. The number of methoxy groups -OCH3 is 1. The molecule has 4 rings (SSSR count). The predicted octanol–water partition coefficient (Wildman–Crippen LogP) is 3.27. The first kappa shape index (κ1) is 19.0. The first-order chi connectivity index (χ1) is 14.0. The monoisotopic (exact) mass is 393 g/mol. The van der Waals surface area contributed by atoms with Crippen molar-refractivity contribution < 1.29 is 19.4 Å². The van der Waals surface area contributed by atoms with Crippen LogP contribution in [-0.2, 0) is 17.8 Å². The average Bonchev–Trinajstić information content (AvgIpc) is 3.07. The molecule has 0 saturated carbocycles. The van der Waals surface area contributed by atoms with E-state index in [1.807, 2.05) is 31.2 Å². The number of aryl methyl sites for hydroxylation is 1. The number of hydrogen-bond acceptors (Lipinski definition) is 6. The fourth-order valence-corrected chi connectivity index (χ4v) is 3.55. The molecule has 2 heterocycles. The molecule has 7 heteroatoms. The lowest BCUT2D eigenvalue weighted by molar-refractivity contribution is 0.0591. The summed E-state index contributed by atoms with van der Waals surface area (Å²) in [7, 11) is 1.35. The highest BCUT2D eigenvalue weighted by Crippen LogP contribution is 2.38. The van der Waals surface area contributed by atoms with Crippen LogP contribution in [0.4, 0.5) is 0 Å². The van der Waals surface area contributed by atoms with Crippen molar-refractivity contribution in [2.24, 2.45) is 0 Å². The van der Waals surface area contributed by atoms with E-state index < -0.39 is 5.97 Å². The number of aromatic amines is 1. The summed E-state index contributed by atoms with van der Waals surface area (Å²) < 4.78 is 10.6. The molecule has 0 spiro atoms. The number of nitrogens with zero attached hydrogens (tertiary/aromatic N) is 2. The maximum atomic E-state index is 11.9. The van der Waals surface area contributed by atoms with Crippen LogP contribution < -0.4 is 4.74 Å². The minimum atomic E-state index is -0.441. The first-order valence-electron chi connectivity index (χ1n) is 9.44. The van der Waals surface area contributed by atoms with Gasteiger partial charge >= 0.3 is 5.97 Å². The molecule has 2 N–H and O–H groups in total. The van der Waals surface area contributed by atoms with Crippen molar-refractivity contribution in [2.75, 3.05) is 20.3 Å². The van der Waals surface area contributed by atoms with Gasteiger partial charge in [-0.25, -0.2) is 4.79 Å². The zero-order valence-electron chi connectivity index (χ0n) is 16.4. The molecule has 0 saturated heterocycles. The number of H-pyrrole nitrogens is 1. The number of aromatic nitrogens is 2. The second-order valence-corrected chi connectivity index (χ2v) is 7.17. The van der Waals surface area contributed by atoms with Crippen molar-refractivity contribution in [2.45, 2.75) is 20.0 Å². The highest BCUT2D eigenvalue weighted by Gasteiger charge is 2.22. The Morgan fingerprint density at radius 3 is 2.83 bits per heavy atom. The molecule has 0 amide bonds. The number of carbonyl (C=O) groups excluding carboxylic acids is 1. The Morgan fingerprint density at radius 2 is 2.07 bits per heavy atom. The van der Waals surface area contributed by atoms with E-state index in [0.29, 0.717) is 37.7 Å². The number of rotatable bonds is 4. The largest absolute Gasteiger partial charge is 0.504 e. The zero-order valence-corrected chi connectivity index (χ0v) is 16.4. The summed E-state index contributed by atoms with van der Waals surface area (Å²) in [6, 6.07) is 12.0.